The van der Waals surface area contributed by atoms with Crippen LogP contribution in [0.2, 0.25) is 10.0 Å². The van der Waals surface area contributed by atoms with Gasteiger partial charge in [0.2, 0.25) is 0 Å². The molecule has 1 aliphatic heterocycles. The molecule has 1 fully saturated rings. The zero-order valence-electron chi connectivity index (χ0n) is 12.1. The van der Waals surface area contributed by atoms with Crippen LogP contribution in [0.3, 0.4) is 0 Å². The molecule has 1 aromatic carbocycles. The molecule has 0 saturated carbocycles. The van der Waals surface area contributed by atoms with Gasteiger partial charge >= 0.3 is 5.97 Å². The number of benzene rings is 1. The highest BCUT2D eigenvalue weighted by Gasteiger charge is 2.20. The molecule has 1 aromatic rings. The second kappa shape index (κ2) is 7.99. The SMILES string of the molecule is CCOC(=O)CN1CCN(Cc2cccc(Cl)c2Cl)CC1. The second-order valence-electron chi connectivity index (χ2n) is 5.07. The fourth-order valence-electron chi connectivity index (χ4n) is 2.41. The molecule has 116 valence electrons. The number of rotatable bonds is 5. The van der Waals surface area contributed by atoms with Crippen LogP contribution >= 0.6 is 23.2 Å². The lowest BCUT2D eigenvalue weighted by Crippen LogP contribution is -2.47. The van der Waals surface area contributed by atoms with Gasteiger partial charge in [0.05, 0.1) is 23.2 Å². The largest absolute Gasteiger partial charge is 0.465 e. The van der Waals surface area contributed by atoms with Gasteiger partial charge in [0.1, 0.15) is 0 Å². The summed E-state index contributed by atoms with van der Waals surface area (Å²) in [5.41, 5.74) is 1.04. The molecular formula is C15H20Cl2N2O2. The Morgan fingerprint density at radius 3 is 2.52 bits per heavy atom. The second-order valence-corrected chi connectivity index (χ2v) is 5.86. The number of carbonyl (C=O) groups is 1. The number of nitrogens with zero attached hydrogens (tertiary/aromatic N) is 2. The monoisotopic (exact) mass is 330 g/mol. The Hall–Kier alpha value is -0.810. The van der Waals surface area contributed by atoms with Crippen LogP contribution in [0.4, 0.5) is 0 Å². The lowest BCUT2D eigenvalue weighted by atomic mass is 10.2. The lowest BCUT2D eigenvalue weighted by molar-refractivity contribution is -0.144. The number of piperazine rings is 1. The minimum Gasteiger partial charge on any atom is -0.465 e. The number of halogens is 2. The van der Waals surface area contributed by atoms with E-state index in [2.05, 4.69) is 9.80 Å². The standard InChI is InChI=1S/C15H20Cl2N2O2/c1-2-21-14(20)11-19-8-6-18(7-9-19)10-12-4-3-5-13(16)15(12)17/h3-5H,2,6-11H2,1H3. The summed E-state index contributed by atoms with van der Waals surface area (Å²) in [6.07, 6.45) is 0. The third kappa shape index (κ3) is 4.85. The lowest BCUT2D eigenvalue weighted by Gasteiger charge is -2.34. The van der Waals surface area contributed by atoms with Crippen molar-refractivity contribution in [2.24, 2.45) is 0 Å². The molecular weight excluding hydrogens is 311 g/mol. The van der Waals surface area contributed by atoms with Gasteiger partial charge < -0.3 is 4.74 Å². The van der Waals surface area contributed by atoms with Crippen molar-refractivity contribution in [3.63, 3.8) is 0 Å². The average molecular weight is 331 g/mol. The van der Waals surface area contributed by atoms with E-state index in [1.807, 2.05) is 19.1 Å². The molecule has 0 radical (unpaired) electrons. The molecule has 1 aliphatic rings. The van der Waals surface area contributed by atoms with Gasteiger partial charge in [-0.2, -0.15) is 0 Å². The molecule has 0 aromatic heterocycles. The Bertz CT molecular complexity index is 489. The van der Waals surface area contributed by atoms with E-state index in [0.717, 1.165) is 38.3 Å². The molecule has 0 unspecified atom stereocenters. The molecule has 0 atom stereocenters. The van der Waals surface area contributed by atoms with Gasteiger partial charge in [-0.25, -0.2) is 0 Å². The molecule has 0 N–H and O–H groups in total. The number of hydrogen-bond donors (Lipinski definition) is 0. The van der Waals surface area contributed by atoms with E-state index in [0.29, 0.717) is 23.2 Å². The molecule has 4 nitrogen and oxygen atoms in total. The van der Waals surface area contributed by atoms with E-state index >= 15 is 0 Å². The molecule has 6 heteroatoms. The maximum Gasteiger partial charge on any atom is 0.320 e. The first kappa shape index (κ1) is 16.6. The fraction of sp³-hybridized carbons (Fsp3) is 0.533. The van der Waals surface area contributed by atoms with Gasteiger partial charge in [0.15, 0.2) is 0 Å². The molecule has 0 aliphatic carbocycles. The summed E-state index contributed by atoms with van der Waals surface area (Å²) in [5.74, 6) is -0.149. The van der Waals surface area contributed by atoms with Crippen molar-refractivity contribution >= 4 is 29.2 Å². The van der Waals surface area contributed by atoms with Crippen molar-refractivity contribution in [3.05, 3.63) is 33.8 Å². The summed E-state index contributed by atoms with van der Waals surface area (Å²) in [6, 6.07) is 5.71. The van der Waals surface area contributed by atoms with Crippen molar-refractivity contribution in [1.82, 2.24) is 9.80 Å². The maximum atomic E-state index is 11.5. The fourth-order valence-corrected chi connectivity index (χ4v) is 2.79. The summed E-state index contributed by atoms with van der Waals surface area (Å²) < 4.78 is 4.97. The van der Waals surface area contributed by atoms with Crippen molar-refractivity contribution in [2.45, 2.75) is 13.5 Å². The van der Waals surface area contributed by atoms with Crippen LogP contribution in [0.1, 0.15) is 12.5 Å². The van der Waals surface area contributed by atoms with E-state index in [4.69, 9.17) is 27.9 Å². The predicted octanol–water partition coefficient (Wildman–Crippen LogP) is 2.67. The van der Waals surface area contributed by atoms with Crippen LogP contribution in [0.15, 0.2) is 18.2 Å². The molecule has 2 rings (SSSR count). The Morgan fingerprint density at radius 1 is 1.19 bits per heavy atom. The van der Waals surface area contributed by atoms with Gasteiger partial charge in [-0.1, -0.05) is 35.3 Å². The normalized spacial score (nSPS) is 16.9. The molecule has 0 spiro atoms. The maximum absolute atomic E-state index is 11.5. The van der Waals surface area contributed by atoms with Crippen molar-refractivity contribution < 1.29 is 9.53 Å². The number of esters is 1. The van der Waals surface area contributed by atoms with Crippen molar-refractivity contribution in [1.29, 1.82) is 0 Å². The molecule has 1 heterocycles. The first-order chi connectivity index (χ1) is 10.1. The van der Waals surface area contributed by atoms with Crippen LogP contribution < -0.4 is 0 Å². The summed E-state index contributed by atoms with van der Waals surface area (Å²) in [4.78, 5) is 15.9. The van der Waals surface area contributed by atoms with Crippen LogP contribution in [0.5, 0.6) is 0 Å². The minimum atomic E-state index is -0.149. The highest BCUT2D eigenvalue weighted by atomic mass is 35.5. The Morgan fingerprint density at radius 2 is 1.86 bits per heavy atom. The number of ether oxygens (including phenoxy) is 1. The summed E-state index contributed by atoms with van der Waals surface area (Å²) in [6.45, 7) is 6.95. The summed E-state index contributed by atoms with van der Waals surface area (Å²) in [5, 5.41) is 1.23. The van der Waals surface area contributed by atoms with Gasteiger partial charge in [0.25, 0.3) is 0 Å². The van der Waals surface area contributed by atoms with Crippen LogP contribution in [0.25, 0.3) is 0 Å². The van der Waals surface area contributed by atoms with E-state index in [1.54, 1.807) is 6.07 Å². The first-order valence-corrected chi connectivity index (χ1v) is 7.89. The number of carbonyl (C=O) groups excluding carboxylic acids is 1. The third-order valence-electron chi connectivity index (χ3n) is 3.55. The average Bonchev–Trinajstić information content (AvgIpc) is 2.46. The van der Waals surface area contributed by atoms with Crippen LogP contribution in [-0.2, 0) is 16.1 Å². The van der Waals surface area contributed by atoms with Crippen LogP contribution in [0, 0.1) is 0 Å². The minimum absolute atomic E-state index is 0.149. The first-order valence-electron chi connectivity index (χ1n) is 7.13. The van der Waals surface area contributed by atoms with Crippen LogP contribution in [-0.4, -0.2) is 55.1 Å². The van der Waals surface area contributed by atoms with Crippen molar-refractivity contribution in [2.75, 3.05) is 39.3 Å². The van der Waals surface area contributed by atoms with Crippen molar-refractivity contribution in [3.8, 4) is 0 Å². The Kier molecular flexibility index (Phi) is 6.30. The highest BCUT2D eigenvalue weighted by Crippen LogP contribution is 2.26. The quantitative estimate of drug-likeness (QED) is 0.777. The van der Waals surface area contributed by atoms with E-state index in [1.165, 1.54) is 0 Å². The smallest absolute Gasteiger partial charge is 0.320 e. The van der Waals surface area contributed by atoms with Gasteiger partial charge in [-0.3, -0.25) is 14.6 Å². The molecule has 0 amide bonds. The van der Waals surface area contributed by atoms with Gasteiger partial charge in [-0.05, 0) is 18.6 Å². The Labute approximate surface area is 135 Å². The topological polar surface area (TPSA) is 32.8 Å². The van der Waals surface area contributed by atoms with E-state index < -0.39 is 0 Å². The molecule has 21 heavy (non-hydrogen) atoms. The molecule has 1 saturated heterocycles. The number of hydrogen-bond acceptors (Lipinski definition) is 4. The Balaban J connectivity index is 1.81. The van der Waals surface area contributed by atoms with E-state index in [9.17, 15) is 4.79 Å². The highest BCUT2D eigenvalue weighted by molar-refractivity contribution is 6.42. The van der Waals surface area contributed by atoms with Gasteiger partial charge in [0, 0.05) is 32.7 Å². The predicted molar refractivity (Wildman–Crippen MR) is 84.8 cm³/mol. The zero-order valence-corrected chi connectivity index (χ0v) is 13.7. The molecule has 0 bridgehead atoms. The van der Waals surface area contributed by atoms with E-state index in [-0.39, 0.29) is 5.97 Å². The third-order valence-corrected chi connectivity index (χ3v) is 4.41. The zero-order chi connectivity index (χ0) is 15.2. The summed E-state index contributed by atoms with van der Waals surface area (Å²) >= 11 is 12.2. The summed E-state index contributed by atoms with van der Waals surface area (Å²) in [7, 11) is 0. The van der Waals surface area contributed by atoms with Gasteiger partial charge in [-0.15, -0.1) is 0 Å².